The third-order valence-corrected chi connectivity index (χ3v) is 7.90. The van der Waals surface area contributed by atoms with Crippen molar-refractivity contribution >= 4 is 27.5 Å². The van der Waals surface area contributed by atoms with Crippen LogP contribution >= 0.6 is 0 Å². The number of urea groups is 1. The van der Waals surface area contributed by atoms with Crippen LogP contribution in [-0.4, -0.2) is 58.1 Å². The molecular formula is C19H23F3N6O4S. The second-order valence-electron chi connectivity index (χ2n) is 7.83. The normalized spacial score (nSPS) is 17.1. The van der Waals surface area contributed by atoms with E-state index in [0.717, 1.165) is 17.8 Å². The second-order valence-corrected chi connectivity index (χ2v) is 10.1. The Morgan fingerprint density at radius 2 is 1.91 bits per heavy atom. The van der Waals surface area contributed by atoms with Gasteiger partial charge in [-0.2, -0.15) is 5.10 Å². The molecule has 0 aliphatic carbocycles. The molecule has 0 bridgehead atoms. The zero-order valence-electron chi connectivity index (χ0n) is 17.8. The summed E-state index contributed by atoms with van der Waals surface area (Å²) in [5.74, 6) is -1.74. The van der Waals surface area contributed by atoms with Crippen LogP contribution in [0, 0.1) is 5.92 Å². The van der Waals surface area contributed by atoms with E-state index in [9.17, 15) is 26.8 Å². The van der Waals surface area contributed by atoms with Gasteiger partial charge in [0.15, 0.2) is 0 Å². The Bertz CT molecular complexity index is 1140. The van der Waals surface area contributed by atoms with Crippen molar-refractivity contribution in [3.8, 4) is 0 Å². The summed E-state index contributed by atoms with van der Waals surface area (Å²) < 4.78 is 68.9. The van der Waals surface area contributed by atoms with Gasteiger partial charge in [-0.05, 0) is 31.9 Å². The van der Waals surface area contributed by atoms with Crippen molar-refractivity contribution in [2.24, 2.45) is 18.7 Å². The lowest BCUT2D eigenvalue weighted by Gasteiger charge is -2.37. The zero-order valence-corrected chi connectivity index (χ0v) is 18.7. The summed E-state index contributed by atoms with van der Waals surface area (Å²) in [7, 11) is -3.51. The van der Waals surface area contributed by atoms with Crippen LogP contribution in [0.3, 0.4) is 0 Å². The van der Waals surface area contributed by atoms with Crippen molar-refractivity contribution in [1.82, 2.24) is 19.7 Å². The molecule has 0 unspecified atom stereocenters. The number of nitrogens with one attached hydrogen (secondary N) is 1. The van der Waals surface area contributed by atoms with E-state index in [1.165, 1.54) is 30.3 Å². The molecule has 1 aliphatic heterocycles. The van der Waals surface area contributed by atoms with E-state index in [1.54, 1.807) is 0 Å². The first kappa shape index (κ1) is 24.5. The molecule has 1 fully saturated rings. The number of aryl methyl sites for hydroxylation is 1. The average molecular weight is 488 g/mol. The number of alkyl halides is 3. The number of hydrogen-bond acceptors (Lipinski definition) is 6. The molecular weight excluding hydrogens is 465 g/mol. The number of carbonyl (C=O) groups is 2. The Kier molecular flexibility index (Phi) is 6.68. The molecule has 180 valence electrons. The highest BCUT2D eigenvalue weighted by Crippen LogP contribution is 2.41. The first-order valence-electron chi connectivity index (χ1n) is 9.91. The van der Waals surface area contributed by atoms with Crippen LogP contribution in [0.4, 0.5) is 23.7 Å². The fraction of sp³-hybridized carbons (Fsp3) is 0.474. The highest BCUT2D eigenvalue weighted by atomic mass is 32.2. The van der Waals surface area contributed by atoms with Crippen LogP contribution in [0.1, 0.15) is 42.4 Å². The van der Waals surface area contributed by atoms with Crippen molar-refractivity contribution in [3.63, 3.8) is 0 Å². The summed E-state index contributed by atoms with van der Waals surface area (Å²) in [4.78, 5) is 27.9. The molecule has 0 radical (unpaired) electrons. The molecule has 14 heteroatoms. The molecule has 0 saturated carbocycles. The maximum Gasteiger partial charge on any atom is 0.321 e. The van der Waals surface area contributed by atoms with Crippen LogP contribution in [0.2, 0.25) is 0 Å². The predicted octanol–water partition coefficient (Wildman–Crippen LogP) is 2.26. The third kappa shape index (κ3) is 4.79. The Labute approximate surface area is 187 Å². The smallest absolute Gasteiger partial charge is 0.321 e. The van der Waals surface area contributed by atoms with Gasteiger partial charge in [-0.15, -0.1) is 0 Å². The van der Waals surface area contributed by atoms with E-state index in [1.807, 2.05) is 0 Å². The third-order valence-electron chi connectivity index (χ3n) is 5.62. The van der Waals surface area contributed by atoms with Gasteiger partial charge in [-0.1, -0.05) is 0 Å². The van der Waals surface area contributed by atoms with Crippen LogP contribution in [0.5, 0.6) is 0 Å². The maximum atomic E-state index is 15.6. The number of halogens is 3. The number of pyridine rings is 1. The molecule has 3 N–H and O–H groups in total. The first-order valence-corrected chi connectivity index (χ1v) is 11.4. The molecule has 2 aromatic rings. The van der Waals surface area contributed by atoms with Gasteiger partial charge in [0, 0.05) is 32.3 Å². The van der Waals surface area contributed by atoms with Crippen molar-refractivity contribution < 1.29 is 31.2 Å². The number of piperidine rings is 1. The van der Waals surface area contributed by atoms with Crippen molar-refractivity contribution in [3.05, 3.63) is 35.9 Å². The number of hydrogen-bond donors (Lipinski definition) is 2. The van der Waals surface area contributed by atoms with Crippen LogP contribution in [0.15, 0.2) is 29.4 Å². The number of anilines is 1. The largest absolute Gasteiger partial charge is 0.364 e. The highest BCUT2D eigenvalue weighted by Gasteiger charge is 2.50. The van der Waals surface area contributed by atoms with Crippen LogP contribution in [-0.2, 0) is 16.9 Å². The molecule has 0 spiro atoms. The molecule has 10 nitrogen and oxygen atoms in total. The number of nitrogens with zero attached hydrogens (tertiary/aromatic N) is 4. The number of primary amides is 1. The van der Waals surface area contributed by atoms with Gasteiger partial charge in [0.2, 0.25) is 14.8 Å². The van der Waals surface area contributed by atoms with E-state index in [4.69, 9.17) is 5.73 Å². The van der Waals surface area contributed by atoms with E-state index in [2.05, 4.69) is 15.4 Å². The number of carbonyl (C=O) groups excluding carboxylic acids is 2. The number of aromatic nitrogens is 3. The van der Waals surface area contributed by atoms with Gasteiger partial charge in [0.25, 0.3) is 12.3 Å². The minimum absolute atomic E-state index is 0.00277. The van der Waals surface area contributed by atoms with E-state index < -0.39 is 49.7 Å². The topological polar surface area (TPSA) is 140 Å². The lowest BCUT2D eigenvalue weighted by molar-refractivity contribution is 0.0995. The molecule has 1 aliphatic rings. The molecule has 1 saturated heterocycles. The molecule has 1 atom stereocenters. The fourth-order valence-corrected chi connectivity index (χ4v) is 5.49. The molecule has 33 heavy (non-hydrogen) atoms. The summed E-state index contributed by atoms with van der Waals surface area (Å²) in [6, 6.07) is 2.27. The summed E-state index contributed by atoms with van der Waals surface area (Å²) in [5.41, 5.74) is 4.45. The van der Waals surface area contributed by atoms with Crippen LogP contribution < -0.4 is 11.1 Å². The van der Waals surface area contributed by atoms with Crippen molar-refractivity contribution in [2.75, 3.05) is 18.4 Å². The molecule has 0 aromatic carbocycles. The highest BCUT2D eigenvalue weighted by molar-refractivity contribution is 7.92. The predicted molar refractivity (Wildman–Crippen MR) is 111 cm³/mol. The number of amides is 3. The van der Waals surface area contributed by atoms with Crippen LogP contribution in [0.25, 0.3) is 0 Å². The summed E-state index contributed by atoms with van der Waals surface area (Å²) in [6.07, 6.45) is -1.05. The minimum atomic E-state index is -4.79. The Morgan fingerprint density at radius 1 is 1.27 bits per heavy atom. The van der Waals surface area contributed by atoms with Gasteiger partial charge in [-0.25, -0.2) is 31.4 Å². The van der Waals surface area contributed by atoms with Gasteiger partial charge in [-0.3, -0.25) is 9.48 Å². The minimum Gasteiger partial charge on any atom is -0.364 e. The van der Waals surface area contributed by atoms with Gasteiger partial charge < -0.3 is 16.0 Å². The lowest BCUT2D eigenvalue weighted by atomic mass is 9.92. The molecule has 3 rings (SSSR count). The summed E-state index contributed by atoms with van der Waals surface area (Å²) in [6.45, 7) is 0.955. The quantitative estimate of drug-likeness (QED) is 0.639. The SMILES string of the molecule is Cn1cc(S(=O)(=O)[C@@](C)(F)C2CCN(C(=O)Nc3ccc(C(N)=O)nc3)CC2)c(C(F)F)n1. The molecule has 3 amide bonds. The first-order chi connectivity index (χ1) is 15.3. The summed E-state index contributed by atoms with van der Waals surface area (Å²) in [5, 5.41) is 3.19. The molecule has 2 aromatic heterocycles. The van der Waals surface area contributed by atoms with Gasteiger partial charge in [0.1, 0.15) is 16.3 Å². The zero-order chi connectivity index (χ0) is 24.6. The van der Waals surface area contributed by atoms with E-state index >= 15 is 4.39 Å². The van der Waals surface area contributed by atoms with E-state index in [-0.39, 0.29) is 31.6 Å². The number of sulfone groups is 1. The van der Waals surface area contributed by atoms with E-state index in [0.29, 0.717) is 5.69 Å². The number of rotatable bonds is 6. The van der Waals surface area contributed by atoms with Crippen molar-refractivity contribution in [1.29, 1.82) is 0 Å². The Morgan fingerprint density at radius 3 is 2.42 bits per heavy atom. The van der Waals surface area contributed by atoms with Crippen molar-refractivity contribution in [2.45, 2.75) is 36.1 Å². The summed E-state index contributed by atoms with van der Waals surface area (Å²) >= 11 is 0. The molecule has 3 heterocycles. The standard InChI is InChI=1S/C19H23F3N6O4S/c1-19(22,33(31,32)14-10-27(2)26-15(14)16(20)21)11-5-7-28(8-6-11)18(30)25-12-3-4-13(17(23)29)24-9-12/h3-4,9-11,16H,5-8H2,1-2H3,(H2,23,29)(H,25,30)/t19-/m1/s1. The number of likely N-dealkylation sites (tertiary alicyclic amines) is 1. The monoisotopic (exact) mass is 488 g/mol. The maximum absolute atomic E-state index is 15.6. The Hall–Kier alpha value is -3.16. The van der Waals surface area contributed by atoms with Gasteiger partial charge >= 0.3 is 6.03 Å². The lowest BCUT2D eigenvalue weighted by Crippen LogP contribution is -2.48. The van der Waals surface area contributed by atoms with Gasteiger partial charge in [0.05, 0.1) is 11.9 Å². The average Bonchev–Trinajstić information content (AvgIpc) is 3.17. The Balaban J connectivity index is 1.68. The number of nitrogens with two attached hydrogens (primary N) is 1. The second kappa shape index (κ2) is 9.00. The fourth-order valence-electron chi connectivity index (χ4n) is 3.69.